The third kappa shape index (κ3) is 4.38. The predicted octanol–water partition coefficient (Wildman–Crippen LogP) is 2.84. The molecule has 0 aromatic carbocycles. The number of aliphatic hydroxyl groups excluding tert-OH is 1. The zero-order valence-electron chi connectivity index (χ0n) is 10.8. The predicted molar refractivity (Wildman–Crippen MR) is 74.4 cm³/mol. The molecule has 2 aromatic heterocycles. The summed E-state index contributed by atoms with van der Waals surface area (Å²) in [5, 5.41) is 14.2. The van der Waals surface area contributed by atoms with Gasteiger partial charge in [-0.1, -0.05) is 0 Å². The van der Waals surface area contributed by atoms with Gasteiger partial charge < -0.3 is 10.0 Å². The van der Waals surface area contributed by atoms with E-state index < -0.39 is 6.10 Å². The number of rotatable bonds is 6. The van der Waals surface area contributed by atoms with E-state index in [1.165, 1.54) is 17.7 Å². The molecule has 0 aliphatic carbocycles. The van der Waals surface area contributed by atoms with Crippen LogP contribution in [-0.4, -0.2) is 28.6 Å². The van der Waals surface area contributed by atoms with Gasteiger partial charge in [-0.15, -0.1) is 0 Å². The highest BCUT2D eigenvalue weighted by Gasteiger charge is 2.10. The van der Waals surface area contributed by atoms with E-state index in [2.05, 4.69) is 26.7 Å². The van der Waals surface area contributed by atoms with Crippen LogP contribution < -0.4 is 0 Å². The lowest BCUT2D eigenvalue weighted by molar-refractivity contribution is 0.143. The van der Waals surface area contributed by atoms with E-state index in [0.717, 1.165) is 19.3 Å². The monoisotopic (exact) mass is 280 g/mol. The van der Waals surface area contributed by atoms with Gasteiger partial charge >= 0.3 is 0 Å². The lowest BCUT2D eigenvalue weighted by Crippen LogP contribution is -2.20. The minimum absolute atomic E-state index is 0.384. The smallest absolute Gasteiger partial charge is 0.141 e. The Morgan fingerprint density at radius 2 is 2.26 bits per heavy atom. The van der Waals surface area contributed by atoms with Crippen molar-refractivity contribution in [1.29, 1.82) is 0 Å². The van der Waals surface area contributed by atoms with E-state index in [0.29, 0.717) is 12.1 Å². The molecule has 1 N–H and O–H groups in total. The number of hydrogen-bond donors (Lipinski definition) is 1. The Bertz CT molecular complexity index is 487. The van der Waals surface area contributed by atoms with Gasteiger partial charge in [0.05, 0.1) is 18.0 Å². The summed E-state index contributed by atoms with van der Waals surface area (Å²) >= 11 is 1.68. The van der Waals surface area contributed by atoms with Crippen LogP contribution in [0.2, 0.25) is 0 Å². The Labute approximate surface area is 116 Å². The molecule has 2 heterocycles. The summed E-state index contributed by atoms with van der Waals surface area (Å²) in [4.78, 5) is 6.04. The Balaban J connectivity index is 1.79. The van der Waals surface area contributed by atoms with E-state index in [1.807, 2.05) is 7.05 Å². The second kappa shape index (κ2) is 6.75. The summed E-state index contributed by atoms with van der Waals surface area (Å²) in [6, 6.07) is 4.94. The standard InChI is InChI=1S/C14H17FN2OS/c1-17(9-11-5-7-19-10-11)6-4-14(18)13-3-2-12(15)8-16-13/h2-3,5,7-8,10,14,18H,4,6,9H2,1H3. The molecule has 0 amide bonds. The molecular formula is C14H17FN2OS. The largest absolute Gasteiger partial charge is 0.387 e. The number of halogens is 1. The second-order valence-electron chi connectivity index (χ2n) is 4.58. The highest BCUT2D eigenvalue weighted by Crippen LogP contribution is 2.15. The molecule has 19 heavy (non-hydrogen) atoms. The summed E-state index contributed by atoms with van der Waals surface area (Å²) in [6.45, 7) is 1.63. The van der Waals surface area contributed by atoms with Crippen LogP contribution in [0.3, 0.4) is 0 Å². The van der Waals surface area contributed by atoms with Crippen LogP contribution in [0.25, 0.3) is 0 Å². The number of pyridine rings is 1. The van der Waals surface area contributed by atoms with Crippen LogP contribution in [0, 0.1) is 5.82 Å². The van der Waals surface area contributed by atoms with E-state index in [4.69, 9.17) is 0 Å². The normalized spacial score (nSPS) is 12.8. The fourth-order valence-electron chi connectivity index (χ4n) is 1.85. The van der Waals surface area contributed by atoms with Gasteiger partial charge in [-0.25, -0.2) is 4.39 Å². The average Bonchev–Trinajstić information content (AvgIpc) is 2.89. The molecule has 0 bridgehead atoms. The van der Waals surface area contributed by atoms with Crippen LogP contribution in [0.15, 0.2) is 35.2 Å². The van der Waals surface area contributed by atoms with Gasteiger partial charge in [-0.05, 0) is 48.0 Å². The van der Waals surface area contributed by atoms with E-state index >= 15 is 0 Å². The van der Waals surface area contributed by atoms with Crippen molar-refractivity contribution in [3.05, 3.63) is 52.2 Å². The lowest BCUT2D eigenvalue weighted by Gasteiger charge is -2.18. The van der Waals surface area contributed by atoms with Gasteiger partial charge in [0.1, 0.15) is 5.82 Å². The number of thiophene rings is 1. The topological polar surface area (TPSA) is 36.4 Å². The van der Waals surface area contributed by atoms with Gasteiger partial charge in [0.15, 0.2) is 0 Å². The van der Waals surface area contributed by atoms with Crippen molar-refractivity contribution in [3.63, 3.8) is 0 Å². The third-order valence-electron chi connectivity index (χ3n) is 2.91. The Hall–Kier alpha value is -1.30. The highest BCUT2D eigenvalue weighted by molar-refractivity contribution is 7.07. The van der Waals surface area contributed by atoms with Crippen LogP contribution >= 0.6 is 11.3 Å². The molecule has 1 unspecified atom stereocenters. The number of hydrogen-bond acceptors (Lipinski definition) is 4. The molecule has 2 rings (SSSR count). The number of aliphatic hydroxyl groups is 1. The van der Waals surface area contributed by atoms with Crippen molar-refractivity contribution in [2.24, 2.45) is 0 Å². The van der Waals surface area contributed by atoms with Gasteiger partial charge in [0.25, 0.3) is 0 Å². The molecule has 102 valence electrons. The Morgan fingerprint density at radius 3 is 2.89 bits per heavy atom. The highest BCUT2D eigenvalue weighted by atomic mass is 32.1. The maximum absolute atomic E-state index is 12.7. The third-order valence-corrected chi connectivity index (χ3v) is 3.64. The summed E-state index contributed by atoms with van der Waals surface area (Å²) in [5.74, 6) is -0.384. The van der Waals surface area contributed by atoms with Crippen molar-refractivity contribution in [3.8, 4) is 0 Å². The first-order valence-corrected chi connectivity index (χ1v) is 7.08. The summed E-state index contributed by atoms with van der Waals surface area (Å²) in [7, 11) is 2.02. The van der Waals surface area contributed by atoms with Crippen molar-refractivity contribution in [2.75, 3.05) is 13.6 Å². The molecule has 0 fully saturated rings. The molecule has 1 atom stereocenters. The SMILES string of the molecule is CN(CCC(O)c1ccc(F)cn1)Cc1ccsc1. The maximum Gasteiger partial charge on any atom is 0.141 e. The van der Waals surface area contributed by atoms with Crippen molar-refractivity contribution in [1.82, 2.24) is 9.88 Å². The molecule has 0 aliphatic heterocycles. The van der Waals surface area contributed by atoms with Crippen LogP contribution in [-0.2, 0) is 6.54 Å². The quantitative estimate of drug-likeness (QED) is 0.884. The summed E-state index contributed by atoms with van der Waals surface area (Å²) in [5.41, 5.74) is 1.80. The zero-order chi connectivity index (χ0) is 13.7. The molecule has 2 aromatic rings. The van der Waals surface area contributed by atoms with Crippen LogP contribution in [0.4, 0.5) is 4.39 Å². The Kier molecular flexibility index (Phi) is 5.01. The average molecular weight is 280 g/mol. The lowest BCUT2D eigenvalue weighted by atomic mass is 10.1. The maximum atomic E-state index is 12.7. The molecule has 3 nitrogen and oxygen atoms in total. The van der Waals surface area contributed by atoms with Crippen molar-refractivity contribution < 1.29 is 9.50 Å². The molecule has 0 radical (unpaired) electrons. The van der Waals surface area contributed by atoms with Crippen molar-refractivity contribution in [2.45, 2.75) is 19.1 Å². The summed E-state index contributed by atoms with van der Waals surface area (Å²) in [6.07, 6.45) is 1.07. The minimum atomic E-state index is -0.648. The first kappa shape index (κ1) is 14.1. The second-order valence-corrected chi connectivity index (χ2v) is 5.36. The first-order chi connectivity index (χ1) is 9.15. The molecule has 0 aliphatic rings. The van der Waals surface area contributed by atoms with Crippen LogP contribution in [0.1, 0.15) is 23.8 Å². The zero-order valence-corrected chi connectivity index (χ0v) is 11.6. The first-order valence-electron chi connectivity index (χ1n) is 6.14. The van der Waals surface area contributed by atoms with Gasteiger partial charge in [0.2, 0.25) is 0 Å². The molecule has 0 saturated carbocycles. The van der Waals surface area contributed by atoms with Gasteiger partial charge in [-0.3, -0.25) is 4.98 Å². The Morgan fingerprint density at radius 1 is 1.42 bits per heavy atom. The molecule has 0 spiro atoms. The minimum Gasteiger partial charge on any atom is -0.387 e. The van der Waals surface area contributed by atoms with E-state index in [1.54, 1.807) is 11.3 Å². The number of nitrogens with zero attached hydrogens (tertiary/aromatic N) is 2. The van der Waals surface area contributed by atoms with Crippen LogP contribution in [0.5, 0.6) is 0 Å². The fourth-order valence-corrected chi connectivity index (χ4v) is 2.51. The van der Waals surface area contributed by atoms with E-state index in [-0.39, 0.29) is 5.82 Å². The van der Waals surface area contributed by atoms with Crippen molar-refractivity contribution >= 4 is 11.3 Å². The fraction of sp³-hybridized carbons (Fsp3) is 0.357. The van der Waals surface area contributed by atoms with Gasteiger partial charge in [-0.2, -0.15) is 11.3 Å². The molecule has 0 saturated heterocycles. The molecule has 5 heteroatoms. The van der Waals surface area contributed by atoms with E-state index in [9.17, 15) is 9.50 Å². The van der Waals surface area contributed by atoms with Gasteiger partial charge in [0, 0.05) is 13.1 Å². The summed E-state index contributed by atoms with van der Waals surface area (Å²) < 4.78 is 12.7. The number of aromatic nitrogens is 1. The molecular weight excluding hydrogens is 263 g/mol.